The molecule has 0 aliphatic carbocycles. The Hall–Kier alpha value is -3.88. The van der Waals surface area contributed by atoms with E-state index < -0.39 is 26.6 Å². The van der Waals surface area contributed by atoms with Crippen molar-refractivity contribution >= 4 is 13.7 Å². The summed E-state index contributed by atoms with van der Waals surface area (Å²) in [5.41, 5.74) is 0. The number of unbranched alkanes of at least 4 members (excludes halogenated alkanes) is 26. The molecule has 8 nitrogen and oxygen atoms in total. The number of rotatable bonds is 63. The second-order valence-corrected chi connectivity index (χ2v) is 25.9. The summed E-state index contributed by atoms with van der Waals surface area (Å²) in [6.07, 6.45) is 104. The molecule has 3 atom stereocenters. The number of likely N-dealkylation sites (N-methyl/N-ethyl adjacent to an activating group) is 1. The number of allylic oxidation sites excluding steroid dienone is 25. The Bertz CT molecular complexity index is 1980. The summed E-state index contributed by atoms with van der Waals surface area (Å²) in [6, 6.07) is -0.914. The van der Waals surface area contributed by atoms with E-state index in [0.29, 0.717) is 17.4 Å². The van der Waals surface area contributed by atoms with Gasteiger partial charge in [0.05, 0.1) is 39.9 Å². The van der Waals surface area contributed by atoms with Gasteiger partial charge < -0.3 is 28.8 Å². The number of nitrogens with zero attached hydrogens (tertiary/aromatic N) is 1. The number of aliphatic hydroxyl groups is 1. The molecule has 87 heavy (non-hydrogen) atoms. The number of carbonyl (C=O) groups excluding carboxylic acids is 1. The molecule has 0 saturated carbocycles. The Labute approximate surface area is 537 Å². The largest absolute Gasteiger partial charge is 0.756 e. The third kappa shape index (κ3) is 69.5. The minimum absolute atomic E-state index is 0.0140. The van der Waals surface area contributed by atoms with Crippen LogP contribution in [0.3, 0.4) is 0 Å². The molecule has 0 aliphatic rings. The van der Waals surface area contributed by atoms with E-state index >= 15 is 0 Å². The van der Waals surface area contributed by atoms with Crippen LogP contribution in [0.1, 0.15) is 277 Å². The molecule has 496 valence electrons. The minimum atomic E-state index is -4.62. The maximum atomic E-state index is 13.0. The van der Waals surface area contributed by atoms with Gasteiger partial charge in [0.15, 0.2) is 0 Å². The number of nitrogens with one attached hydrogen (secondary N) is 1. The van der Waals surface area contributed by atoms with E-state index in [0.717, 1.165) is 128 Å². The first-order valence-corrected chi connectivity index (χ1v) is 36.8. The van der Waals surface area contributed by atoms with E-state index in [-0.39, 0.29) is 12.5 Å². The van der Waals surface area contributed by atoms with Crippen molar-refractivity contribution in [1.29, 1.82) is 0 Å². The molecule has 0 aromatic heterocycles. The van der Waals surface area contributed by atoms with E-state index in [4.69, 9.17) is 9.05 Å². The lowest BCUT2D eigenvalue weighted by atomic mass is 10.0. The van der Waals surface area contributed by atoms with Crippen molar-refractivity contribution in [2.45, 2.75) is 289 Å². The predicted molar refractivity (Wildman–Crippen MR) is 380 cm³/mol. The van der Waals surface area contributed by atoms with Gasteiger partial charge in [0, 0.05) is 6.42 Å². The average molecular weight is 1230 g/mol. The molecule has 0 aromatic carbocycles. The van der Waals surface area contributed by atoms with Crippen LogP contribution in [0.2, 0.25) is 0 Å². The third-order valence-electron chi connectivity index (χ3n) is 15.0. The lowest BCUT2D eigenvalue weighted by Crippen LogP contribution is -2.45. The topological polar surface area (TPSA) is 108 Å². The fourth-order valence-electron chi connectivity index (χ4n) is 9.55. The number of hydrogen-bond donors (Lipinski definition) is 2. The van der Waals surface area contributed by atoms with Gasteiger partial charge in [-0.15, -0.1) is 0 Å². The fraction of sp³-hybridized carbons (Fsp3) is 0.654. The van der Waals surface area contributed by atoms with Gasteiger partial charge >= 0.3 is 0 Å². The molecular weight excluding hydrogens is 1090 g/mol. The first kappa shape index (κ1) is 83.1. The molecule has 0 radical (unpaired) electrons. The van der Waals surface area contributed by atoms with Crippen molar-refractivity contribution in [1.82, 2.24) is 5.32 Å². The zero-order chi connectivity index (χ0) is 63.4. The van der Waals surface area contributed by atoms with E-state index in [2.05, 4.69) is 165 Å². The maximum Gasteiger partial charge on any atom is 0.268 e. The second-order valence-electron chi connectivity index (χ2n) is 24.5. The van der Waals surface area contributed by atoms with Gasteiger partial charge in [0.1, 0.15) is 13.2 Å². The van der Waals surface area contributed by atoms with Crippen LogP contribution in [-0.4, -0.2) is 68.5 Å². The van der Waals surface area contributed by atoms with Crippen LogP contribution in [0.4, 0.5) is 0 Å². The Balaban J connectivity index is 4.21. The lowest BCUT2D eigenvalue weighted by molar-refractivity contribution is -0.870. The van der Waals surface area contributed by atoms with Gasteiger partial charge in [-0.2, -0.15) is 0 Å². The normalized spacial score (nSPS) is 14.6. The standard InChI is InChI=1S/C78H133N2O6P/c1-6-8-10-12-14-16-18-20-22-24-26-28-30-32-33-34-35-36-37-38-39-40-41-42-43-44-45-46-47-48-50-52-54-56-58-60-62-64-66-68-70-72-78(82)79-76(75-86-87(83,84)85-74-73-80(3,4)5)77(81)71-69-67-65-63-61-59-57-55-53-51-49-31-29-27-25-23-21-19-17-15-13-11-9-7-2/h8,10,14,16,20,22,26,28,32-33,35-36,38-39,41-42,44-45,47-48,52,54,58,60,69,71,76-77,81H,6-7,9,11-13,15,17-19,21,23-25,27,29-31,34,37,40,43,46,49-51,53,55-57,59,61-68,70,72-75H2,1-5H3,(H-,79,82,83,84)/b10-8-,16-14-,22-20-,28-26-,33-32-,36-35-,39-38-,42-41-,45-44-,48-47-,54-52-,60-58-,71-69+. The highest BCUT2D eigenvalue weighted by Crippen LogP contribution is 2.38. The molecule has 0 aromatic rings. The number of aliphatic hydroxyl groups excluding tert-OH is 1. The quantitative estimate of drug-likeness (QED) is 0.0272. The van der Waals surface area contributed by atoms with Crippen molar-refractivity contribution in [2.24, 2.45) is 0 Å². The molecule has 0 spiro atoms. The predicted octanol–water partition coefficient (Wildman–Crippen LogP) is 22.3. The van der Waals surface area contributed by atoms with Crippen molar-refractivity contribution in [3.63, 3.8) is 0 Å². The molecule has 2 N–H and O–H groups in total. The lowest BCUT2D eigenvalue weighted by Gasteiger charge is -2.29. The zero-order valence-electron chi connectivity index (χ0n) is 56.7. The number of amides is 1. The highest BCUT2D eigenvalue weighted by Gasteiger charge is 2.23. The van der Waals surface area contributed by atoms with Gasteiger partial charge in [-0.3, -0.25) is 9.36 Å². The van der Waals surface area contributed by atoms with E-state index in [9.17, 15) is 19.4 Å². The summed E-state index contributed by atoms with van der Waals surface area (Å²) in [5.74, 6) is -0.225. The molecule has 0 rings (SSSR count). The zero-order valence-corrected chi connectivity index (χ0v) is 57.6. The van der Waals surface area contributed by atoms with E-state index in [1.54, 1.807) is 6.08 Å². The summed E-state index contributed by atoms with van der Waals surface area (Å²) in [6.45, 7) is 4.52. The van der Waals surface area contributed by atoms with Gasteiger partial charge in [0.25, 0.3) is 7.82 Å². The first-order chi connectivity index (χ1) is 42.5. The summed E-state index contributed by atoms with van der Waals surface area (Å²) in [4.78, 5) is 25.6. The first-order valence-electron chi connectivity index (χ1n) is 35.3. The Kier molecular flexibility index (Phi) is 63.6. The van der Waals surface area contributed by atoms with Gasteiger partial charge in [0.2, 0.25) is 5.91 Å². The van der Waals surface area contributed by atoms with Gasteiger partial charge in [-0.05, 0) is 109 Å². The monoisotopic (exact) mass is 1220 g/mol. The third-order valence-corrected chi connectivity index (χ3v) is 16.0. The second kappa shape index (κ2) is 66.5. The molecular formula is C78H133N2O6P. The number of quaternary nitrogens is 1. The fourth-order valence-corrected chi connectivity index (χ4v) is 10.3. The molecule has 0 saturated heterocycles. The average Bonchev–Trinajstić information content (AvgIpc) is 3.71. The van der Waals surface area contributed by atoms with Gasteiger partial charge in [-0.25, -0.2) is 0 Å². The molecule has 1 amide bonds. The minimum Gasteiger partial charge on any atom is -0.756 e. The van der Waals surface area contributed by atoms with Crippen LogP contribution < -0.4 is 10.2 Å². The van der Waals surface area contributed by atoms with Crippen LogP contribution in [0.5, 0.6) is 0 Å². The van der Waals surface area contributed by atoms with Crippen LogP contribution in [0.25, 0.3) is 0 Å². The van der Waals surface area contributed by atoms with Gasteiger partial charge in [-0.1, -0.05) is 320 Å². The van der Waals surface area contributed by atoms with Crippen molar-refractivity contribution in [3.05, 3.63) is 158 Å². The number of hydrogen-bond acceptors (Lipinski definition) is 6. The smallest absolute Gasteiger partial charge is 0.268 e. The summed E-state index contributed by atoms with van der Waals surface area (Å²) >= 11 is 0. The Morgan fingerprint density at radius 1 is 0.414 bits per heavy atom. The van der Waals surface area contributed by atoms with Crippen molar-refractivity contribution in [3.8, 4) is 0 Å². The summed E-state index contributed by atoms with van der Waals surface area (Å²) in [5, 5.41) is 13.9. The molecule has 0 aliphatic heterocycles. The molecule has 9 heteroatoms. The van der Waals surface area contributed by atoms with Crippen LogP contribution >= 0.6 is 7.82 Å². The highest BCUT2D eigenvalue weighted by atomic mass is 31.2. The number of phosphoric acid groups is 1. The molecule has 3 unspecified atom stereocenters. The number of carbonyl (C=O) groups is 1. The van der Waals surface area contributed by atoms with E-state index in [1.165, 1.54) is 128 Å². The van der Waals surface area contributed by atoms with E-state index in [1.807, 2.05) is 27.2 Å². The van der Waals surface area contributed by atoms with Crippen LogP contribution in [0.15, 0.2) is 158 Å². The molecule has 0 fully saturated rings. The van der Waals surface area contributed by atoms with Crippen molar-refractivity contribution < 1.29 is 32.9 Å². The SMILES string of the molecule is CC/C=C\C/C=C\C/C=C\C/C=C\C/C=C\C/C=C\C/C=C\C/C=C\C/C=C\C/C=C\C/C=C\C/C=C\CCCCCCC(=O)NC(COP(=O)([O-])OCC[N+](C)(C)C)C(O)/C=C/CCCCCCCCCCCCCCCCCCCCCCCC. The highest BCUT2D eigenvalue weighted by molar-refractivity contribution is 7.45. The summed E-state index contributed by atoms with van der Waals surface area (Å²) < 4.78 is 23.4. The molecule has 0 heterocycles. The Morgan fingerprint density at radius 2 is 0.701 bits per heavy atom. The summed E-state index contributed by atoms with van der Waals surface area (Å²) in [7, 11) is 1.23. The maximum absolute atomic E-state index is 13.0. The molecule has 0 bridgehead atoms. The number of phosphoric ester groups is 1. The van der Waals surface area contributed by atoms with Crippen LogP contribution in [-0.2, 0) is 18.4 Å². The van der Waals surface area contributed by atoms with Crippen LogP contribution in [0, 0.1) is 0 Å². The Morgan fingerprint density at radius 3 is 1.02 bits per heavy atom. The van der Waals surface area contributed by atoms with Crippen molar-refractivity contribution in [2.75, 3.05) is 40.9 Å².